The van der Waals surface area contributed by atoms with Gasteiger partial charge in [-0.05, 0) is 42.0 Å². The predicted molar refractivity (Wildman–Crippen MR) is 89.8 cm³/mol. The number of ether oxygens (including phenoxy) is 1. The normalized spacial score (nSPS) is 11.3. The van der Waals surface area contributed by atoms with E-state index in [4.69, 9.17) is 4.74 Å². The minimum absolute atomic E-state index is 0.150. The molecular weight excluding hydrogens is 366 g/mol. The average Bonchev–Trinajstić information content (AvgIpc) is 2.57. The molecule has 0 saturated carbocycles. The summed E-state index contributed by atoms with van der Waals surface area (Å²) in [6.07, 6.45) is 2.14. The third-order valence-electron chi connectivity index (χ3n) is 3.49. The summed E-state index contributed by atoms with van der Waals surface area (Å²) in [4.78, 5) is 11.6. The molecule has 1 aromatic heterocycles. The fraction of sp³-hybridized carbons (Fsp3) is 0.0588. The fourth-order valence-corrected chi connectivity index (χ4v) is 3.01. The van der Waals surface area contributed by atoms with Gasteiger partial charge in [0.25, 0.3) is 0 Å². The Morgan fingerprint density at radius 3 is 2.38 bits per heavy atom. The maximum Gasteiger partial charge on any atom is 0.307 e. The zero-order valence-electron chi connectivity index (χ0n) is 13.4. The van der Waals surface area contributed by atoms with E-state index in [9.17, 15) is 22.0 Å². The SMILES string of the molecule is CS(=O)(=O)c1ccc(-c2cn[nH]c(=O)c2Oc2ccc(F)cc2)cc1F. The van der Waals surface area contributed by atoms with Crippen LogP contribution in [0.3, 0.4) is 0 Å². The predicted octanol–water partition coefficient (Wildman–Crippen LogP) is 2.91. The number of hydrogen-bond donors (Lipinski definition) is 1. The zero-order chi connectivity index (χ0) is 18.9. The topological polar surface area (TPSA) is 89.1 Å². The first-order chi connectivity index (χ1) is 12.3. The molecule has 6 nitrogen and oxygen atoms in total. The third kappa shape index (κ3) is 3.62. The van der Waals surface area contributed by atoms with Gasteiger partial charge < -0.3 is 4.74 Å². The van der Waals surface area contributed by atoms with E-state index >= 15 is 0 Å². The number of rotatable bonds is 4. The van der Waals surface area contributed by atoms with Gasteiger partial charge in [0.2, 0.25) is 5.75 Å². The average molecular weight is 378 g/mol. The van der Waals surface area contributed by atoms with Crippen LogP contribution in [0.2, 0.25) is 0 Å². The summed E-state index contributed by atoms with van der Waals surface area (Å²) in [5.74, 6) is -1.42. The molecule has 0 aliphatic heterocycles. The van der Waals surface area contributed by atoms with E-state index in [-0.39, 0.29) is 22.6 Å². The van der Waals surface area contributed by atoms with Crippen LogP contribution in [0.5, 0.6) is 11.5 Å². The molecule has 26 heavy (non-hydrogen) atoms. The van der Waals surface area contributed by atoms with E-state index in [0.717, 1.165) is 30.5 Å². The van der Waals surface area contributed by atoms with E-state index in [2.05, 4.69) is 10.2 Å². The van der Waals surface area contributed by atoms with Crippen LogP contribution >= 0.6 is 0 Å². The highest BCUT2D eigenvalue weighted by Gasteiger charge is 2.18. The Morgan fingerprint density at radius 1 is 1.08 bits per heavy atom. The first kappa shape index (κ1) is 17.7. The molecule has 0 bridgehead atoms. The van der Waals surface area contributed by atoms with Crippen molar-refractivity contribution in [3.05, 3.63) is 70.6 Å². The summed E-state index contributed by atoms with van der Waals surface area (Å²) in [5, 5.41) is 5.86. The Kier molecular flexibility index (Phi) is 4.56. The Hall–Kier alpha value is -3.07. The third-order valence-corrected chi connectivity index (χ3v) is 4.62. The van der Waals surface area contributed by atoms with Crippen molar-refractivity contribution in [1.82, 2.24) is 10.2 Å². The molecule has 0 atom stereocenters. The van der Waals surface area contributed by atoms with E-state index in [1.807, 2.05) is 0 Å². The van der Waals surface area contributed by atoms with Gasteiger partial charge in [-0.3, -0.25) is 4.79 Å². The number of nitrogens with one attached hydrogen (secondary N) is 1. The molecule has 0 unspecified atom stereocenters. The van der Waals surface area contributed by atoms with Gasteiger partial charge in [-0.15, -0.1) is 0 Å². The van der Waals surface area contributed by atoms with E-state index in [0.29, 0.717) is 0 Å². The Bertz CT molecular complexity index is 1130. The number of benzene rings is 2. The lowest BCUT2D eigenvalue weighted by Crippen LogP contribution is -2.11. The van der Waals surface area contributed by atoms with E-state index in [1.54, 1.807) is 0 Å². The highest BCUT2D eigenvalue weighted by Crippen LogP contribution is 2.31. The summed E-state index contributed by atoms with van der Waals surface area (Å²) in [5.41, 5.74) is -0.331. The number of H-pyrrole nitrogens is 1. The lowest BCUT2D eigenvalue weighted by molar-refractivity contribution is 0.472. The Morgan fingerprint density at radius 2 is 1.77 bits per heavy atom. The molecule has 1 heterocycles. The number of sulfone groups is 1. The molecule has 9 heteroatoms. The van der Waals surface area contributed by atoms with Gasteiger partial charge >= 0.3 is 5.56 Å². The lowest BCUT2D eigenvalue weighted by atomic mass is 10.1. The van der Waals surface area contributed by atoms with Crippen molar-refractivity contribution >= 4 is 9.84 Å². The standard InChI is InChI=1S/C17H12F2N2O4S/c1-26(23,24)15-7-2-10(8-14(15)19)13-9-20-21-17(22)16(13)25-12-5-3-11(18)4-6-12/h2-9H,1H3,(H,21,22). The Balaban J connectivity index is 2.09. The van der Waals surface area contributed by atoms with Crippen LogP contribution in [0.25, 0.3) is 11.1 Å². The quantitative estimate of drug-likeness (QED) is 0.754. The van der Waals surface area contributed by atoms with Crippen molar-refractivity contribution in [1.29, 1.82) is 0 Å². The molecule has 0 aliphatic carbocycles. The van der Waals surface area contributed by atoms with Crippen molar-refractivity contribution in [2.24, 2.45) is 0 Å². The lowest BCUT2D eigenvalue weighted by Gasteiger charge is -2.10. The maximum absolute atomic E-state index is 14.2. The van der Waals surface area contributed by atoms with Gasteiger partial charge in [-0.2, -0.15) is 5.10 Å². The van der Waals surface area contributed by atoms with Crippen LogP contribution in [0, 0.1) is 11.6 Å². The molecule has 134 valence electrons. The summed E-state index contributed by atoms with van der Waals surface area (Å²) in [7, 11) is -3.73. The van der Waals surface area contributed by atoms with Crippen molar-refractivity contribution < 1.29 is 21.9 Å². The molecule has 0 fully saturated rings. The molecule has 0 radical (unpaired) electrons. The first-order valence-electron chi connectivity index (χ1n) is 7.27. The summed E-state index contributed by atoms with van der Waals surface area (Å²) >= 11 is 0. The fourth-order valence-electron chi connectivity index (χ4n) is 2.28. The number of hydrogen-bond acceptors (Lipinski definition) is 5. The number of nitrogens with zero attached hydrogens (tertiary/aromatic N) is 1. The van der Waals surface area contributed by atoms with Crippen LogP contribution in [0.15, 0.2) is 58.4 Å². The maximum atomic E-state index is 14.2. The highest BCUT2D eigenvalue weighted by atomic mass is 32.2. The molecule has 3 rings (SSSR count). The van der Waals surface area contributed by atoms with Gasteiger partial charge in [0, 0.05) is 6.26 Å². The molecule has 0 spiro atoms. The van der Waals surface area contributed by atoms with Gasteiger partial charge in [0.15, 0.2) is 9.84 Å². The summed E-state index contributed by atoms with van der Waals surface area (Å²) in [6.45, 7) is 0. The van der Waals surface area contributed by atoms with Crippen LogP contribution in [-0.4, -0.2) is 24.9 Å². The van der Waals surface area contributed by atoms with Crippen LogP contribution in [0.4, 0.5) is 8.78 Å². The molecule has 0 aliphatic rings. The van der Waals surface area contributed by atoms with Crippen LogP contribution < -0.4 is 10.3 Å². The van der Waals surface area contributed by atoms with Gasteiger partial charge in [0.1, 0.15) is 22.3 Å². The molecule has 2 aromatic carbocycles. The monoisotopic (exact) mass is 378 g/mol. The second kappa shape index (κ2) is 6.68. The summed E-state index contributed by atoms with van der Waals surface area (Å²) < 4.78 is 55.7. The van der Waals surface area contributed by atoms with Crippen molar-refractivity contribution in [3.63, 3.8) is 0 Å². The van der Waals surface area contributed by atoms with Crippen molar-refractivity contribution in [3.8, 4) is 22.6 Å². The van der Waals surface area contributed by atoms with Crippen LogP contribution in [0.1, 0.15) is 0 Å². The van der Waals surface area contributed by atoms with Gasteiger partial charge in [-0.25, -0.2) is 22.3 Å². The number of aromatic nitrogens is 2. The van der Waals surface area contributed by atoms with E-state index < -0.39 is 31.9 Å². The molecule has 3 aromatic rings. The van der Waals surface area contributed by atoms with E-state index in [1.165, 1.54) is 24.4 Å². The second-order valence-corrected chi connectivity index (χ2v) is 7.40. The van der Waals surface area contributed by atoms with Crippen molar-refractivity contribution in [2.45, 2.75) is 4.90 Å². The first-order valence-corrected chi connectivity index (χ1v) is 9.16. The molecule has 0 amide bonds. The minimum atomic E-state index is -3.73. The minimum Gasteiger partial charge on any atom is -0.451 e. The Labute approximate surface area is 147 Å². The van der Waals surface area contributed by atoms with Crippen molar-refractivity contribution in [2.75, 3.05) is 6.26 Å². The number of aromatic amines is 1. The van der Waals surface area contributed by atoms with Gasteiger partial charge in [-0.1, -0.05) is 6.07 Å². The smallest absolute Gasteiger partial charge is 0.307 e. The highest BCUT2D eigenvalue weighted by molar-refractivity contribution is 7.90. The largest absolute Gasteiger partial charge is 0.451 e. The zero-order valence-corrected chi connectivity index (χ0v) is 14.2. The van der Waals surface area contributed by atoms with Crippen LogP contribution in [-0.2, 0) is 9.84 Å². The summed E-state index contributed by atoms with van der Waals surface area (Å²) in [6, 6.07) is 8.38. The number of halogens is 2. The molecule has 1 N–H and O–H groups in total. The molecular formula is C17H12F2N2O4S. The second-order valence-electron chi connectivity index (χ2n) is 5.42. The molecule has 0 saturated heterocycles. The van der Waals surface area contributed by atoms with Gasteiger partial charge in [0.05, 0.1) is 11.8 Å².